The first-order valence-corrected chi connectivity index (χ1v) is 7.36. The molecule has 0 spiro atoms. The number of allylic oxidation sites excluding steroid dienone is 2. The van der Waals surface area contributed by atoms with E-state index in [9.17, 15) is 9.59 Å². The average molecular weight is 281 g/mol. The van der Waals surface area contributed by atoms with E-state index in [1.807, 2.05) is 12.2 Å². The van der Waals surface area contributed by atoms with Crippen LogP contribution in [0.5, 0.6) is 0 Å². The van der Waals surface area contributed by atoms with Crippen LogP contribution in [0, 0.1) is 17.8 Å². The molecule has 0 bridgehead atoms. The average Bonchev–Trinajstić information content (AvgIpc) is 3.02. The number of amides is 2. The normalized spacial score (nSPS) is 27.8. The third-order valence-electron chi connectivity index (χ3n) is 4.72. The van der Waals surface area contributed by atoms with Gasteiger partial charge in [0.2, 0.25) is 0 Å². The second-order valence-corrected chi connectivity index (χ2v) is 5.89. The maximum atomic E-state index is 12.4. The smallest absolute Gasteiger partial charge is 0.261 e. The summed E-state index contributed by atoms with van der Waals surface area (Å²) in [6, 6.07) is 7.04. The maximum Gasteiger partial charge on any atom is 0.261 e. The molecule has 3 rings (SSSR count). The summed E-state index contributed by atoms with van der Waals surface area (Å²) in [5, 5.41) is 0. The Morgan fingerprint density at radius 2 is 1.67 bits per heavy atom. The third-order valence-corrected chi connectivity index (χ3v) is 4.72. The quantitative estimate of drug-likeness (QED) is 0.627. The molecule has 3 unspecified atom stereocenters. The summed E-state index contributed by atoms with van der Waals surface area (Å²) in [5.41, 5.74) is 1.05. The molecule has 1 aromatic rings. The summed E-state index contributed by atoms with van der Waals surface area (Å²) in [7, 11) is 0. The summed E-state index contributed by atoms with van der Waals surface area (Å²) in [5.74, 6) is 0.749. The van der Waals surface area contributed by atoms with E-state index in [4.69, 9.17) is 0 Å². The summed E-state index contributed by atoms with van der Waals surface area (Å²) in [4.78, 5) is 26.2. The minimum Gasteiger partial charge on any atom is -0.274 e. The van der Waals surface area contributed by atoms with Crippen molar-refractivity contribution in [2.75, 3.05) is 6.54 Å². The number of carbonyl (C=O) groups is 2. The van der Waals surface area contributed by atoms with Gasteiger partial charge in [0, 0.05) is 6.54 Å². The Kier molecular flexibility index (Phi) is 3.50. The molecule has 108 valence electrons. The minimum atomic E-state index is -0.166. The van der Waals surface area contributed by atoms with Gasteiger partial charge in [-0.15, -0.1) is 13.2 Å². The Bertz CT molecular complexity index is 584. The fourth-order valence-electron chi connectivity index (χ4n) is 3.53. The molecule has 3 heteroatoms. The van der Waals surface area contributed by atoms with Gasteiger partial charge in [-0.25, -0.2) is 0 Å². The molecule has 1 heterocycles. The zero-order valence-corrected chi connectivity index (χ0v) is 12.0. The summed E-state index contributed by atoms with van der Waals surface area (Å²) in [6.45, 7) is 8.23. The van der Waals surface area contributed by atoms with E-state index in [2.05, 4.69) is 13.2 Å². The molecule has 21 heavy (non-hydrogen) atoms. The largest absolute Gasteiger partial charge is 0.274 e. The third kappa shape index (κ3) is 2.23. The van der Waals surface area contributed by atoms with E-state index >= 15 is 0 Å². The SMILES string of the molecule is C=CC1CC(C=C)C(CN2C(=O)c3ccccc3C2=O)C1. The number of carbonyl (C=O) groups excluding carboxylic acids is 2. The number of rotatable bonds is 4. The highest BCUT2D eigenvalue weighted by Crippen LogP contribution is 2.39. The van der Waals surface area contributed by atoms with E-state index in [0.717, 1.165) is 12.8 Å². The van der Waals surface area contributed by atoms with Gasteiger partial charge in [-0.3, -0.25) is 14.5 Å². The zero-order chi connectivity index (χ0) is 15.0. The van der Waals surface area contributed by atoms with Gasteiger partial charge < -0.3 is 0 Å². The molecule has 1 aliphatic carbocycles. The van der Waals surface area contributed by atoms with Crippen LogP contribution < -0.4 is 0 Å². The molecule has 0 N–H and O–H groups in total. The first kappa shape index (κ1) is 13.8. The van der Waals surface area contributed by atoms with Gasteiger partial charge in [-0.05, 0) is 42.7 Å². The van der Waals surface area contributed by atoms with Crippen molar-refractivity contribution in [1.29, 1.82) is 0 Å². The Labute approximate surface area is 125 Å². The Hall–Kier alpha value is -2.16. The van der Waals surface area contributed by atoms with Crippen LogP contribution in [0.3, 0.4) is 0 Å². The van der Waals surface area contributed by atoms with E-state index in [1.165, 1.54) is 4.90 Å². The van der Waals surface area contributed by atoms with Crippen molar-refractivity contribution < 1.29 is 9.59 Å². The van der Waals surface area contributed by atoms with Gasteiger partial charge in [-0.1, -0.05) is 24.3 Å². The summed E-state index contributed by atoms with van der Waals surface area (Å²) >= 11 is 0. The van der Waals surface area contributed by atoms with Crippen LogP contribution in [-0.2, 0) is 0 Å². The highest BCUT2D eigenvalue weighted by Gasteiger charge is 2.39. The fraction of sp³-hybridized carbons (Fsp3) is 0.333. The van der Waals surface area contributed by atoms with E-state index in [-0.39, 0.29) is 17.7 Å². The number of benzene rings is 1. The number of hydrogen-bond donors (Lipinski definition) is 0. The molecule has 0 radical (unpaired) electrons. The molecule has 1 aromatic carbocycles. The maximum absolute atomic E-state index is 12.4. The van der Waals surface area contributed by atoms with Crippen molar-refractivity contribution in [2.45, 2.75) is 12.8 Å². The second-order valence-electron chi connectivity index (χ2n) is 5.89. The lowest BCUT2D eigenvalue weighted by molar-refractivity contribution is 0.0622. The van der Waals surface area contributed by atoms with Crippen LogP contribution in [-0.4, -0.2) is 23.3 Å². The summed E-state index contributed by atoms with van der Waals surface area (Å²) in [6.07, 6.45) is 5.90. The van der Waals surface area contributed by atoms with Gasteiger partial charge in [-0.2, -0.15) is 0 Å². The van der Waals surface area contributed by atoms with E-state index < -0.39 is 0 Å². The van der Waals surface area contributed by atoms with Gasteiger partial charge in [0.05, 0.1) is 11.1 Å². The predicted molar refractivity (Wildman–Crippen MR) is 81.9 cm³/mol. The lowest BCUT2D eigenvalue weighted by atomic mass is 9.96. The monoisotopic (exact) mass is 281 g/mol. The van der Waals surface area contributed by atoms with E-state index in [1.54, 1.807) is 24.3 Å². The van der Waals surface area contributed by atoms with Crippen LogP contribution >= 0.6 is 0 Å². The van der Waals surface area contributed by atoms with Crippen molar-refractivity contribution in [2.24, 2.45) is 17.8 Å². The number of nitrogens with zero attached hydrogens (tertiary/aromatic N) is 1. The topological polar surface area (TPSA) is 37.4 Å². The molecular formula is C18H19NO2. The number of hydrogen-bond acceptors (Lipinski definition) is 2. The molecule has 0 saturated heterocycles. The lowest BCUT2D eigenvalue weighted by Crippen LogP contribution is -2.35. The van der Waals surface area contributed by atoms with Gasteiger partial charge >= 0.3 is 0 Å². The molecule has 2 aliphatic rings. The fourth-order valence-corrected chi connectivity index (χ4v) is 3.53. The lowest BCUT2D eigenvalue weighted by Gasteiger charge is -2.22. The Morgan fingerprint density at radius 1 is 1.05 bits per heavy atom. The number of imide groups is 1. The van der Waals surface area contributed by atoms with Crippen LogP contribution in [0.4, 0.5) is 0 Å². The van der Waals surface area contributed by atoms with Crippen molar-refractivity contribution in [3.8, 4) is 0 Å². The van der Waals surface area contributed by atoms with Crippen LogP contribution in [0.15, 0.2) is 49.6 Å². The molecule has 3 nitrogen and oxygen atoms in total. The van der Waals surface area contributed by atoms with E-state index in [0.29, 0.717) is 29.5 Å². The zero-order valence-electron chi connectivity index (χ0n) is 12.0. The highest BCUT2D eigenvalue weighted by molar-refractivity contribution is 6.21. The van der Waals surface area contributed by atoms with Crippen LogP contribution in [0.1, 0.15) is 33.6 Å². The van der Waals surface area contributed by atoms with Gasteiger partial charge in [0.15, 0.2) is 0 Å². The highest BCUT2D eigenvalue weighted by atomic mass is 16.2. The standard InChI is InChI=1S/C18H19NO2/c1-3-12-9-13(4-2)14(10-12)11-19-17(20)15-7-5-6-8-16(15)18(19)21/h3-8,12-14H,1-2,9-11H2. The molecule has 2 amide bonds. The first-order valence-electron chi connectivity index (χ1n) is 7.36. The molecule has 0 aromatic heterocycles. The van der Waals surface area contributed by atoms with Crippen LogP contribution in [0.2, 0.25) is 0 Å². The Balaban J connectivity index is 1.80. The van der Waals surface area contributed by atoms with Crippen molar-refractivity contribution >= 4 is 11.8 Å². The van der Waals surface area contributed by atoms with Crippen molar-refractivity contribution in [1.82, 2.24) is 4.90 Å². The van der Waals surface area contributed by atoms with Crippen molar-refractivity contribution in [3.63, 3.8) is 0 Å². The Morgan fingerprint density at radius 3 is 2.19 bits per heavy atom. The molecular weight excluding hydrogens is 262 g/mol. The molecule has 1 fully saturated rings. The number of fused-ring (bicyclic) bond motifs is 1. The first-order chi connectivity index (χ1) is 10.2. The van der Waals surface area contributed by atoms with Gasteiger partial charge in [0.25, 0.3) is 11.8 Å². The predicted octanol–water partition coefficient (Wildman–Crippen LogP) is 3.30. The minimum absolute atomic E-state index is 0.166. The van der Waals surface area contributed by atoms with Gasteiger partial charge in [0.1, 0.15) is 0 Å². The van der Waals surface area contributed by atoms with Crippen LogP contribution in [0.25, 0.3) is 0 Å². The summed E-state index contributed by atoms with van der Waals surface area (Å²) < 4.78 is 0. The molecule has 3 atom stereocenters. The van der Waals surface area contributed by atoms with Crippen molar-refractivity contribution in [3.05, 3.63) is 60.7 Å². The molecule has 1 saturated carbocycles. The second kappa shape index (κ2) is 5.32. The molecule has 1 aliphatic heterocycles.